The number of pyridine rings is 1. The number of hydrogen-bond donors (Lipinski definition) is 3. The van der Waals surface area contributed by atoms with Gasteiger partial charge in [0.1, 0.15) is 5.69 Å². The first kappa shape index (κ1) is 16.2. The van der Waals surface area contributed by atoms with Crippen molar-refractivity contribution in [3.63, 3.8) is 0 Å². The monoisotopic (exact) mass is 356 g/mol. The van der Waals surface area contributed by atoms with E-state index in [0.717, 1.165) is 16.6 Å². The van der Waals surface area contributed by atoms with Gasteiger partial charge in [0.25, 0.3) is 5.91 Å². The van der Waals surface area contributed by atoms with Crippen LogP contribution in [0.15, 0.2) is 60.7 Å². The summed E-state index contributed by atoms with van der Waals surface area (Å²) in [5.74, 6) is -0.379. The van der Waals surface area contributed by atoms with Crippen molar-refractivity contribution in [2.75, 3.05) is 5.32 Å². The molecule has 0 spiro atoms. The fourth-order valence-corrected chi connectivity index (χ4v) is 2.46. The Kier molecular flexibility index (Phi) is 4.88. The fraction of sp³-hybridized carbons (Fsp3) is 0. The molecule has 0 fully saturated rings. The maximum atomic E-state index is 12.2. The van der Waals surface area contributed by atoms with Crippen LogP contribution < -0.4 is 16.2 Å². The van der Waals surface area contributed by atoms with Crippen molar-refractivity contribution >= 4 is 51.4 Å². The summed E-state index contributed by atoms with van der Waals surface area (Å²) < 4.78 is 0. The molecule has 3 rings (SSSR count). The van der Waals surface area contributed by atoms with Crippen molar-refractivity contribution in [2.24, 2.45) is 0 Å². The van der Waals surface area contributed by atoms with Gasteiger partial charge in [-0.3, -0.25) is 15.6 Å². The maximum Gasteiger partial charge on any atom is 0.288 e. The van der Waals surface area contributed by atoms with E-state index in [1.807, 2.05) is 36.4 Å². The third kappa shape index (κ3) is 3.98. The van der Waals surface area contributed by atoms with Crippen LogP contribution in [0.25, 0.3) is 10.9 Å². The van der Waals surface area contributed by atoms with Crippen LogP contribution >= 0.6 is 23.8 Å². The van der Waals surface area contributed by atoms with Gasteiger partial charge in [-0.2, -0.15) is 0 Å². The minimum atomic E-state index is -0.379. The highest BCUT2D eigenvalue weighted by molar-refractivity contribution is 7.80. The molecule has 0 saturated carbocycles. The fourth-order valence-electron chi connectivity index (χ4n) is 2.10. The Morgan fingerprint density at radius 2 is 1.83 bits per heavy atom. The Morgan fingerprint density at radius 1 is 1.00 bits per heavy atom. The van der Waals surface area contributed by atoms with Crippen molar-refractivity contribution in [3.05, 3.63) is 71.4 Å². The van der Waals surface area contributed by atoms with E-state index in [9.17, 15) is 4.79 Å². The van der Waals surface area contributed by atoms with E-state index < -0.39 is 0 Å². The van der Waals surface area contributed by atoms with Crippen molar-refractivity contribution in [2.45, 2.75) is 0 Å². The second-order valence-corrected chi connectivity index (χ2v) is 5.78. The number of aromatic nitrogens is 1. The molecule has 0 atom stereocenters. The number of fused-ring (bicyclic) bond motifs is 1. The molecule has 3 aromatic rings. The van der Waals surface area contributed by atoms with Crippen LogP contribution in [0.5, 0.6) is 0 Å². The van der Waals surface area contributed by atoms with Crippen molar-refractivity contribution in [1.29, 1.82) is 0 Å². The first-order valence-corrected chi connectivity index (χ1v) is 7.89. The van der Waals surface area contributed by atoms with Gasteiger partial charge in [-0.05, 0) is 42.5 Å². The number of nitrogens with one attached hydrogen (secondary N) is 3. The summed E-state index contributed by atoms with van der Waals surface area (Å²) in [6.07, 6.45) is 0. The number of thiocarbonyl (C=S) groups is 1. The van der Waals surface area contributed by atoms with E-state index in [1.165, 1.54) is 0 Å². The molecule has 2 aromatic carbocycles. The third-order valence-corrected chi connectivity index (χ3v) is 3.64. The van der Waals surface area contributed by atoms with Crippen molar-refractivity contribution in [1.82, 2.24) is 15.8 Å². The zero-order valence-corrected chi connectivity index (χ0v) is 14.0. The molecule has 0 unspecified atom stereocenters. The Balaban J connectivity index is 1.60. The standard InChI is InChI=1S/C17H13ClN4OS/c18-12-5-3-6-13(10-12)19-17(24)22-21-16(23)15-9-8-11-4-1-2-7-14(11)20-15/h1-10H,(H,21,23)(H2,19,22,24). The number of para-hydroxylation sites is 1. The minimum absolute atomic E-state index is 0.242. The lowest BCUT2D eigenvalue weighted by Gasteiger charge is -2.11. The number of carbonyl (C=O) groups is 1. The van der Waals surface area contributed by atoms with Gasteiger partial charge < -0.3 is 5.32 Å². The normalized spacial score (nSPS) is 10.2. The molecule has 1 heterocycles. The van der Waals surface area contributed by atoms with E-state index in [-0.39, 0.29) is 11.0 Å². The zero-order valence-electron chi connectivity index (χ0n) is 12.4. The van der Waals surface area contributed by atoms with E-state index >= 15 is 0 Å². The number of amides is 1. The predicted octanol–water partition coefficient (Wildman–Crippen LogP) is 3.52. The Morgan fingerprint density at radius 3 is 2.67 bits per heavy atom. The Hall–Kier alpha value is -2.70. The van der Waals surface area contributed by atoms with Gasteiger partial charge in [0.2, 0.25) is 0 Å². The SMILES string of the molecule is O=C(NNC(=S)Nc1cccc(Cl)c1)c1ccc2ccccc2n1. The summed E-state index contributed by atoms with van der Waals surface area (Å²) in [6.45, 7) is 0. The van der Waals surface area contributed by atoms with Gasteiger partial charge in [-0.25, -0.2) is 4.98 Å². The lowest BCUT2D eigenvalue weighted by molar-refractivity contribution is 0.0939. The molecule has 5 nitrogen and oxygen atoms in total. The van der Waals surface area contributed by atoms with E-state index in [2.05, 4.69) is 21.2 Å². The predicted molar refractivity (Wildman–Crippen MR) is 100 cm³/mol. The highest BCUT2D eigenvalue weighted by Crippen LogP contribution is 2.14. The number of halogens is 1. The maximum absolute atomic E-state index is 12.2. The van der Waals surface area contributed by atoms with Crippen LogP contribution in [0.4, 0.5) is 5.69 Å². The molecule has 3 N–H and O–H groups in total. The molecule has 1 aromatic heterocycles. The largest absolute Gasteiger partial charge is 0.331 e. The van der Waals surface area contributed by atoms with Gasteiger partial charge in [0.05, 0.1) is 5.52 Å². The molecule has 24 heavy (non-hydrogen) atoms. The Labute approximate surface area is 149 Å². The number of hydrogen-bond acceptors (Lipinski definition) is 3. The summed E-state index contributed by atoms with van der Waals surface area (Å²) in [7, 11) is 0. The zero-order chi connectivity index (χ0) is 16.9. The molecule has 0 aliphatic carbocycles. The first-order valence-electron chi connectivity index (χ1n) is 7.10. The molecule has 0 radical (unpaired) electrons. The van der Waals surface area contributed by atoms with Crippen LogP contribution in [0.3, 0.4) is 0 Å². The van der Waals surface area contributed by atoms with Gasteiger partial charge in [0, 0.05) is 16.1 Å². The lowest BCUT2D eigenvalue weighted by Crippen LogP contribution is -2.44. The average Bonchev–Trinajstić information content (AvgIpc) is 2.59. The third-order valence-electron chi connectivity index (χ3n) is 3.20. The van der Waals surface area contributed by atoms with E-state index in [0.29, 0.717) is 10.7 Å². The topological polar surface area (TPSA) is 66.1 Å². The molecular formula is C17H13ClN4OS. The average molecular weight is 357 g/mol. The van der Waals surface area contributed by atoms with Gasteiger partial charge >= 0.3 is 0 Å². The molecule has 0 bridgehead atoms. The van der Waals surface area contributed by atoms with Gasteiger partial charge in [0.15, 0.2) is 5.11 Å². The second-order valence-electron chi connectivity index (χ2n) is 4.93. The molecule has 7 heteroatoms. The van der Waals surface area contributed by atoms with Crippen molar-refractivity contribution in [3.8, 4) is 0 Å². The molecule has 120 valence electrons. The number of carbonyl (C=O) groups excluding carboxylic acids is 1. The summed E-state index contributed by atoms with van der Waals surface area (Å²) in [4.78, 5) is 16.5. The van der Waals surface area contributed by atoms with E-state index in [1.54, 1.807) is 24.3 Å². The van der Waals surface area contributed by atoms with Crippen LogP contribution in [0, 0.1) is 0 Å². The van der Waals surface area contributed by atoms with E-state index in [4.69, 9.17) is 23.8 Å². The molecule has 1 amide bonds. The van der Waals surface area contributed by atoms with Gasteiger partial charge in [-0.15, -0.1) is 0 Å². The number of anilines is 1. The smallest absolute Gasteiger partial charge is 0.288 e. The minimum Gasteiger partial charge on any atom is -0.331 e. The highest BCUT2D eigenvalue weighted by atomic mass is 35.5. The quantitative estimate of drug-likeness (QED) is 0.484. The van der Waals surface area contributed by atoms with Crippen molar-refractivity contribution < 1.29 is 4.79 Å². The number of hydrazine groups is 1. The number of rotatable bonds is 2. The van der Waals surface area contributed by atoms with Crippen LogP contribution in [-0.2, 0) is 0 Å². The highest BCUT2D eigenvalue weighted by Gasteiger charge is 2.08. The second kappa shape index (κ2) is 7.25. The van der Waals surface area contributed by atoms with Crippen LogP contribution in [-0.4, -0.2) is 16.0 Å². The molecular weight excluding hydrogens is 344 g/mol. The summed E-state index contributed by atoms with van der Waals surface area (Å²) >= 11 is 11.0. The van der Waals surface area contributed by atoms with Gasteiger partial charge in [-0.1, -0.05) is 41.9 Å². The number of benzene rings is 2. The number of nitrogens with zero attached hydrogens (tertiary/aromatic N) is 1. The molecule has 0 aliphatic heterocycles. The van der Waals surface area contributed by atoms with Crippen LogP contribution in [0.2, 0.25) is 5.02 Å². The summed E-state index contributed by atoms with van der Waals surface area (Å²) in [5, 5.41) is 4.72. The lowest BCUT2D eigenvalue weighted by atomic mass is 10.2. The molecule has 0 aliphatic rings. The Bertz CT molecular complexity index is 916. The summed E-state index contributed by atoms with van der Waals surface area (Å²) in [5.41, 5.74) is 6.92. The first-order chi connectivity index (χ1) is 11.6. The van der Waals surface area contributed by atoms with Crippen LogP contribution in [0.1, 0.15) is 10.5 Å². The molecule has 0 saturated heterocycles. The summed E-state index contributed by atoms with van der Waals surface area (Å²) in [6, 6.07) is 18.2.